The molecule has 1 aromatic heterocycles. The van der Waals surface area contributed by atoms with Gasteiger partial charge >= 0.3 is 5.97 Å². The molecular formula is C35H43N3O4. The van der Waals surface area contributed by atoms with Gasteiger partial charge in [0.15, 0.2) is 0 Å². The standard InChI is InChI=1S/C35H43N3O4/c1-35(2,3)29-30(36-22-27-28(42-4)21-20-26(37-27)23-14-8-5-9-15-23)31(24-16-10-6-11-17-24)38(32(29)34(40)41)33(39)25-18-12-7-13-19-25/h5-6,8-11,14-17,20-21,25,29-32,36H,7,12-13,18-19,22H2,1-4H3,(H,40,41)/t29-,30-,31-,32-/m0/s1. The number of methoxy groups -OCH3 is 1. The maximum absolute atomic E-state index is 14.3. The van der Waals surface area contributed by atoms with E-state index < -0.39 is 23.5 Å². The number of nitrogens with one attached hydrogen (secondary N) is 1. The Morgan fingerprint density at radius 1 is 0.952 bits per heavy atom. The lowest BCUT2D eigenvalue weighted by Crippen LogP contribution is -2.49. The number of ether oxygens (including phenoxy) is 1. The molecule has 4 atom stereocenters. The molecule has 1 aliphatic heterocycles. The van der Waals surface area contributed by atoms with E-state index in [4.69, 9.17) is 9.72 Å². The lowest BCUT2D eigenvalue weighted by molar-refractivity contribution is -0.154. The fourth-order valence-corrected chi connectivity index (χ4v) is 7.07. The molecule has 0 unspecified atom stereocenters. The molecule has 42 heavy (non-hydrogen) atoms. The van der Waals surface area contributed by atoms with Crippen molar-refractivity contribution in [3.8, 4) is 17.0 Å². The van der Waals surface area contributed by atoms with Crippen LogP contribution in [-0.4, -0.2) is 46.1 Å². The maximum Gasteiger partial charge on any atom is 0.326 e. The summed E-state index contributed by atoms with van der Waals surface area (Å²) in [6, 6.07) is 22.1. The van der Waals surface area contributed by atoms with E-state index in [1.165, 1.54) is 0 Å². The van der Waals surface area contributed by atoms with E-state index >= 15 is 0 Å². The molecule has 0 bridgehead atoms. The highest BCUT2D eigenvalue weighted by Gasteiger charge is 2.58. The largest absolute Gasteiger partial charge is 0.495 e. The topological polar surface area (TPSA) is 91.8 Å². The van der Waals surface area contributed by atoms with Gasteiger partial charge in [-0.2, -0.15) is 0 Å². The van der Waals surface area contributed by atoms with Crippen molar-refractivity contribution in [2.45, 2.75) is 77.5 Å². The molecule has 7 nitrogen and oxygen atoms in total. The minimum Gasteiger partial charge on any atom is -0.495 e. The second-order valence-corrected chi connectivity index (χ2v) is 12.7. The van der Waals surface area contributed by atoms with Crippen LogP contribution in [0.25, 0.3) is 11.3 Å². The number of carboxylic acids is 1. The van der Waals surface area contributed by atoms with Crippen LogP contribution < -0.4 is 10.1 Å². The van der Waals surface area contributed by atoms with Gasteiger partial charge in [0.1, 0.15) is 11.8 Å². The molecule has 2 heterocycles. The van der Waals surface area contributed by atoms with Crippen LogP contribution in [0.1, 0.15) is 70.2 Å². The number of hydrogen-bond acceptors (Lipinski definition) is 5. The van der Waals surface area contributed by atoms with Crippen molar-refractivity contribution < 1.29 is 19.4 Å². The van der Waals surface area contributed by atoms with Gasteiger partial charge in [-0.05, 0) is 36.0 Å². The zero-order valence-electron chi connectivity index (χ0n) is 25.1. The second-order valence-electron chi connectivity index (χ2n) is 12.7. The van der Waals surface area contributed by atoms with Gasteiger partial charge < -0.3 is 20.1 Å². The van der Waals surface area contributed by atoms with E-state index in [1.807, 2.05) is 72.8 Å². The first-order valence-electron chi connectivity index (χ1n) is 15.1. The minimum atomic E-state index is -0.953. The zero-order chi connectivity index (χ0) is 29.9. The van der Waals surface area contributed by atoms with Gasteiger partial charge in [0.05, 0.1) is 24.5 Å². The van der Waals surface area contributed by atoms with E-state index in [9.17, 15) is 14.7 Å². The molecule has 222 valence electrons. The van der Waals surface area contributed by atoms with Crippen LogP contribution in [-0.2, 0) is 16.1 Å². The third-order valence-corrected chi connectivity index (χ3v) is 9.00. The van der Waals surface area contributed by atoms with Gasteiger partial charge in [0, 0.05) is 30.0 Å². The van der Waals surface area contributed by atoms with Gasteiger partial charge in [-0.25, -0.2) is 9.78 Å². The van der Waals surface area contributed by atoms with Crippen molar-refractivity contribution in [3.63, 3.8) is 0 Å². The molecular weight excluding hydrogens is 526 g/mol. The summed E-state index contributed by atoms with van der Waals surface area (Å²) >= 11 is 0. The Kier molecular flexibility index (Phi) is 8.97. The summed E-state index contributed by atoms with van der Waals surface area (Å²) in [6.07, 6.45) is 4.76. The first-order chi connectivity index (χ1) is 20.2. The quantitative estimate of drug-likeness (QED) is 0.322. The fraction of sp³-hybridized carbons (Fsp3) is 0.457. The average molecular weight is 570 g/mol. The van der Waals surface area contributed by atoms with Gasteiger partial charge in [0.25, 0.3) is 0 Å². The number of aliphatic carboxylic acids is 1. The van der Waals surface area contributed by atoms with E-state index in [1.54, 1.807) is 12.0 Å². The van der Waals surface area contributed by atoms with Gasteiger partial charge in [-0.15, -0.1) is 0 Å². The van der Waals surface area contributed by atoms with Crippen LogP contribution >= 0.6 is 0 Å². The lowest BCUT2D eigenvalue weighted by Gasteiger charge is -2.36. The molecule has 3 aromatic rings. The predicted molar refractivity (Wildman–Crippen MR) is 164 cm³/mol. The highest BCUT2D eigenvalue weighted by molar-refractivity contribution is 5.87. The molecule has 2 N–H and O–H groups in total. The van der Waals surface area contributed by atoms with Crippen LogP contribution in [0.4, 0.5) is 0 Å². The summed E-state index contributed by atoms with van der Waals surface area (Å²) in [5.74, 6) is -0.817. The molecule has 1 saturated heterocycles. The highest BCUT2D eigenvalue weighted by atomic mass is 16.5. The van der Waals surface area contributed by atoms with Crippen molar-refractivity contribution in [1.82, 2.24) is 15.2 Å². The average Bonchev–Trinajstić information content (AvgIpc) is 3.37. The Balaban J connectivity index is 1.57. The maximum atomic E-state index is 14.3. The van der Waals surface area contributed by atoms with E-state index in [0.717, 1.165) is 54.6 Å². The molecule has 1 saturated carbocycles. The monoisotopic (exact) mass is 569 g/mol. The smallest absolute Gasteiger partial charge is 0.326 e. The van der Waals surface area contributed by atoms with Crippen molar-refractivity contribution >= 4 is 11.9 Å². The number of likely N-dealkylation sites (tertiary alicyclic amines) is 1. The predicted octanol–water partition coefficient (Wildman–Crippen LogP) is 6.49. The van der Waals surface area contributed by atoms with E-state index in [-0.39, 0.29) is 23.8 Å². The van der Waals surface area contributed by atoms with Gasteiger partial charge in [-0.3, -0.25) is 4.79 Å². The number of rotatable bonds is 8. The summed E-state index contributed by atoms with van der Waals surface area (Å²) < 4.78 is 5.69. The Bertz CT molecular complexity index is 1370. The van der Waals surface area contributed by atoms with E-state index in [0.29, 0.717) is 12.3 Å². The number of carbonyl (C=O) groups is 2. The second kappa shape index (κ2) is 12.7. The molecule has 2 aliphatic rings. The Labute approximate surface area is 249 Å². The first-order valence-corrected chi connectivity index (χ1v) is 15.1. The number of aromatic nitrogens is 1. The summed E-state index contributed by atoms with van der Waals surface area (Å²) in [7, 11) is 1.63. The number of carbonyl (C=O) groups excluding carboxylic acids is 1. The summed E-state index contributed by atoms with van der Waals surface area (Å²) in [5, 5.41) is 14.5. The summed E-state index contributed by atoms with van der Waals surface area (Å²) in [5.41, 5.74) is 3.12. The van der Waals surface area contributed by atoms with Crippen molar-refractivity contribution in [2.75, 3.05) is 7.11 Å². The number of nitrogens with zero attached hydrogens (tertiary/aromatic N) is 2. The fourth-order valence-electron chi connectivity index (χ4n) is 7.07. The number of pyridine rings is 1. The molecule has 0 spiro atoms. The summed E-state index contributed by atoms with van der Waals surface area (Å²) in [6.45, 7) is 6.59. The minimum absolute atomic E-state index is 0.0312. The Morgan fingerprint density at radius 3 is 2.19 bits per heavy atom. The van der Waals surface area contributed by atoms with Crippen LogP contribution in [0.15, 0.2) is 72.8 Å². The van der Waals surface area contributed by atoms with E-state index in [2.05, 4.69) is 26.1 Å². The highest BCUT2D eigenvalue weighted by Crippen LogP contribution is 2.49. The number of hydrogen-bond donors (Lipinski definition) is 2. The van der Waals surface area contributed by atoms with Crippen molar-refractivity contribution in [1.29, 1.82) is 0 Å². The molecule has 7 heteroatoms. The lowest BCUT2D eigenvalue weighted by atomic mass is 9.72. The van der Waals surface area contributed by atoms with Crippen LogP contribution in [0.5, 0.6) is 5.75 Å². The number of amides is 1. The third-order valence-electron chi connectivity index (χ3n) is 9.00. The molecule has 5 rings (SSSR count). The van der Waals surface area contributed by atoms with Crippen molar-refractivity contribution in [3.05, 3.63) is 84.1 Å². The molecule has 0 radical (unpaired) electrons. The zero-order valence-corrected chi connectivity index (χ0v) is 25.1. The Hall–Kier alpha value is -3.71. The number of benzene rings is 2. The van der Waals surface area contributed by atoms with Gasteiger partial charge in [-0.1, -0.05) is 101 Å². The molecule has 1 aliphatic carbocycles. The molecule has 2 fully saturated rings. The molecule has 1 amide bonds. The SMILES string of the molecule is COc1ccc(-c2ccccc2)nc1CN[C@H]1[C@H](C(C)(C)C)[C@@H](C(=O)O)N(C(=O)C2CCCCC2)[C@H]1c1ccccc1. The number of carboxylic acid groups (broad SMARTS) is 1. The van der Waals surface area contributed by atoms with Gasteiger partial charge in [0.2, 0.25) is 5.91 Å². The van der Waals surface area contributed by atoms with Crippen LogP contribution in [0.2, 0.25) is 0 Å². The summed E-state index contributed by atoms with van der Waals surface area (Å²) in [4.78, 5) is 34.1. The van der Waals surface area contributed by atoms with Crippen molar-refractivity contribution in [2.24, 2.45) is 17.3 Å². The normalized spacial score (nSPS) is 23.1. The van der Waals surface area contributed by atoms with Crippen LogP contribution in [0.3, 0.4) is 0 Å². The Morgan fingerprint density at radius 2 is 1.60 bits per heavy atom. The molecule has 2 aromatic carbocycles. The third kappa shape index (κ3) is 6.07. The van der Waals surface area contributed by atoms with Crippen LogP contribution in [0, 0.1) is 17.3 Å². The first kappa shape index (κ1) is 29.8.